The van der Waals surface area contributed by atoms with Gasteiger partial charge in [0.05, 0.1) is 44.8 Å². The maximum absolute atomic E-state index is 5.07. The van der Waals surface area contributed by atoms with Crippen LogP contribution in [0.4, 0.5) is 0 Å². The molecule has 0 aliphatic carbocycles. The highest BCUT2D eigenvalue weighted by molar-refractivity contribution is 6.12. The molecule has 0 fully saturated rings. The summed E-state index contributed by atoms with van der Waals surface area (Å²) in [6.07, 6.45) is 17.8. The number of pyridine rings is 4. The van der Waals surface area contributed by atoms with E-state index in [0.29, 0.717) is 0 Å². The second-order valence-electron chi connectivity index (χ2n) is 30.5. The number of benzene rings is 14. The van der Waals surface area contributed by atoms with Crippen LogP contribution in [0.15, 0.2) is 450 Å². The van der Waals surface area contributed by atoms with Gasteiger partial charge in [-0.05, 0) is 282 Å². The molecule has 0 radical (unpaired) electrons. The quantitative estimate of drug-likeness (QED) is 0.0940. The van der Waals surface area contributed by atoms with Gasteiger partial charge >= 0.3 is 0 Å². The summed E-state index contributed by atoms with van der Waals surface area (Å²) in [4.78, 5) is 35.8. The van der Waals surface area contributed by atoms with E-state index in [0.717, 1.165) is 168 Å². The lowest BCUT2D eigenvalue weighted by atomic mass is 9.90. The summed E-state index contributed by atoms with van der Waals surface area (Å²) < 4.78 is 4.73. The lowest BCUT2D eigenvalue weighted by Gasteiger charge is -2.14. The van der Waals surface area contributed by atoms with Crippen LogP contribution in [0, 0.1) is 0 Å². The van der Waals surface area contributed by atoms with Crippen molar-refractivity contribution < 1.29 is 0 Å². The lowest BCUT2D eigenvalue weighted by Crippen LogP contribution is -1.93. The van der Waals surface area contributed by atoms with E-state index in [2.05, 4.69) is 391 Å². The van der Waals surface area contributed by atoms with Crippen LogP contribution >= 0.6 is 0 Å². The van der Waals surface area contributed by atoms with Crippen LogP contribution in [0.2, 0.25) is 0 Å². The molecule has 14 aromatic carbocycles. The summed E-state index contributed by atoms with van der Waals surface area (Å²) in [7, 11) is 0. The molecule has 8 heterocycles. The van der Waals surface area contributed by atoms with Crippen molar-refractivity contribution in [1.82, 2.24) is 49.0 Å². The van der Waals surface area contributed by atoms with Crippen molar-refractivity contribution in [1.29, 1.82) is 0 Å². The van der Waals surface area contributed by atoms with Crippen LogP contribution in [0.5, 0.6) is 0 Å². The molecule has 572 valence electrons. The standard InChI is InChI=1S/2C56H37N5/c1-2-18-48(19-3-1)61-55-25-5-4-20-49(55)50-35-40(26-27-56(50)61)47-33-45(38-12-6-14-41(30-38)51-21-8-23-53(59-51)43-16-10-28-57-36-43)32-46(34-47)39-13-7-15-42(31-39)52-22-9-24-54(60-52)44-17-11-29-58-37-44;1-2-18-52(19-3-1)61-55-21-5-4-20-53(55)54-31-46(22-23-56(54)61)49-29-47(42-14-6-10-38(24-42)40-12-8-16-44(26-40)50-32-57-36-58-33-50)28-48(30-49)43-15-7-11-39(25-43)41-13-9-17-45(27-41)51-34-59-37-60-35-51/h2*1-37H. The first-order chi connectivity index (χ1) is 60.4. The Kier molecular flexibility index (Phi) is 19.5. The third kappa shape index (κ3) is 14.7. The molecule has 22 rings (SSSR count). The summed E-state index contributed by atoms with van der Waals surface area (Å²) in [6, 6.07) is 139. The van der Waals surface area contributed by atoms with Gasteiger partial charge in [0.1, 0.15) is 12.7 Å². The molecule has 0 aliphatic rings. The number of aromatic nitrogens is 10. The van der Waals surface area contributed by atoms with E-state index in [1.807, 2.05) is 73.6 Å². The minimum atomic E-state index is 0.893. The van der Waals surface area contributed by atoms with E-state index < -0.39 is 0 Å². The smallest absolute Gasteiger partial charge is 0.115 e. The first kappa shape index (κ1) is 73.1. The molecule has 0 saturated heterocycles. The molecule has 0 saturated carbocycles. The highest BCUT2D eigenvalue weighted by Gasteiger charge is 2.20. The summed E-state index contributed by atoms with van der Waals surface area (Å²) in [6.45, 7) is 0. The van der Waals surface area contributed by atoms with Crippen molar-refractivity contribution in [3.05, 3.63) is 450 Å². The molecule has 0 bridgehead atoms. The average molecular weight is 1560 g/mol. The third-order valence-electron chi connectivity index (χ3n) is 22.9. The average Bonchev–Trinajstić information content (AvgIpc) is 1.60. The zero-order valence-electron chi connectivity index (χ0n) is 66.2. The van der Waals surface area contributed by atoms with Gasteiger partial charge in [0.2, 0.25) is 0 Å². The van der Waals surface area contributed by atoms with E-state index >= 15 is 0 Å². The number of hydrogen-bond donors (Lipinski definition) is 0. The predicted octanol–water partition coefficient (Wildman–Crippen LogP) is 28.1. The van der Waals surface area contributed by atoms with Crippen molar-refractivity contribution in [2.75, 3.05) is 0 Å². The van der Waals surface area contributed by atoms with Crippen LogP contribution in [0.25, 0.3) is 211 Å². The first-order valence-electron chi connectivity index (χ1n) is 40.8. The largest absolute Gasteiger partial charge is 0.309 e. The Labute approximate surface area is 706 Å². The van der Waals surface area contributed by atoms with Crippen molar-refractivity contribution in [2.45, 2.75) is 0 Å². The number of para-hydroxylation sites is 4. The topological polar surface area (TPSA) is 113 Å². The van der Waals surface area contributed by atoms with Crippen LogP contribution in [0.1, 0.15) is 0 Å². The van der Waals surface area contributed by atoms with Gasteiger partial charge in [-0.1, -0.05) is 206 Å². The van der Waals surface area contributed by atoms with Crippen molar-refractivity contribution in [3.63, 3.8) is 0 Å². The molecule has 0 atom stereocenters. The number of nitrogens with zero attached hydrogens (tertiary/aromatic N) is 10. The maximum Gasteiger partial charge on any atom is 0.115 e. The molecule has 0 spiro atoms. The zero-order valence-corrected chi connectivity index (χ0v) is 66.2. The van der Waals surface area contributed by atoms with Gasteiger partial charge in [0.25, 0.3) is 0 Å². The molecule has 122 heavy (non-hydrogen) atoms. The van der Waals surface area contributed by atoms with Gasteiger partial charge in [-0.3, -0.25) is 9.97 Å². The monoisotopic (exact) mass is 1560 g/mol. The van der Waals surface area contributed by atoms with Crippen LogP contribution in [-0.4, -0.2) is 49.0 Å². The minimum absolute atomic E-state index is 0.893. The first-order valence-corrected chi connectivity index (χ1v) is 40.8. The van der Waals surface area contributed by atoms with Gasteiger partial charge < -0.3 is 9.13 Å². The molecule has 0 N–H and O–H groups in total. The summed E-state index contributed by atoms with van der Waals surface area (Å²) >= 11 is 0. The Morgan fingerprint density at radius 2 is 0.393 bits per heavy atom. The molecule has 10 nitrogen and oxygen atoms in total. The molecule has 22 aromatic rings. The van der Waals surface area contributed by atoms with E-state index in [1.54, 1.807) is 25.0 Å². The number of rotatable bonds is 16. The molecule has 0 aliphatic heterocycles. The van der Waals surface area contributed by atoms with Crippen LogP contribution in [0.3, 0.4) is 0 Å². The highest BCUT2D eigenvalue weighted by Crippen LogP contribution is 2.44. The summed E-state index contributed by atoms with van der Waals surface area (Å²) in [5.41, 5.74) is 37.0. The molecule has 10 heteroatoms. The predicted molar refractivity (Wildman–Crippen MR) is 500 cm³/mol. The maximum atomic E-state index is 5.07. The van der Waals surface area contributed by atoms with Crippen LogP contribution in [-0.2, 0) is 0 Å². The Balaban J connectivity index is 0.000000150. The van der Waals surface area contributed by atoms with Gasteiger partial charge in [-0.15, -0.1) is 0 Å². The van der Waals surface area contributed by atoms with Gasteiger partial charge in [0, 0.05) is 116 Å². The Morgan fingerprint density at radius 3 is 0.730 bits per heavy atom. The van der Waals surface area contributed by atoms with Crippen molar-refractivity contribution >= 4 is 43.6 Å². The molecular formula is C112H74N10. The number of hydrogen-bond acceptors (Lipinski definition) is 8. The lowest BCUT2D eigenvalue weighted by molar-refractivity contribution is 1.17. The third-order valence-corrected chi connectivity index (χ3v) is 22.9. The van der Waals surface area contributed by atoms with Crippen LogP contribution < -0.4 is 0 Å². The Morgan fingerprint density at radius 1 is 0.148 bits per heavy atom. The SMILES string of the molecule is c1ccc(-n2c3ccccc3c3cc(-c4cc(-c5cccc(-c6cccc(-c7cccnc7)n6)c5)cc(-c5cccc(-c6cccc(-c7cccnc7)n6)c5)c4)ccc32)cc1.c1ccc(-n2c3ccccc3c3cc(-c4cc(-c5cccc(-c6cccc(-c7cncnc7)c6)c5)cc(-c5cccc(-c6cccc(-c7cncnc7)c6)c5)c4)ccc32)cc1. The Hall–Kier alpha value is -16.6. The minimum Gasteiger partial charge on any atom is -0.309 e. The fourth-order valence-electron chi connectivity index (χ4n) is 16.9. The van der Waals surface area contributed by atoms with Crippen molar-refractivity contribution in [3.8, 4) is 168 Å². The van der Waals surface area contributed by atoms with E-state index in [4.69, 9.17) is 9.97 Å². The van der Waals surface area contributed by atoms with E-state index in [1.165, 1.54) is 43.6 Å². The second kappa shape index (κ2) is 32.5. The summed E-state index contributed by atoms with van der Waals surface area (Å²) in [5.74, 6) is 0. The molecule has 8 aromatic heterocycles. The Bertz CT molecular complexity index is 6880. The second-order valence-corrected chi connectivity index (χ2v) is 30.5. The molecular weight excluding hydrogens is 1490 g/mol. The van der Waals surface area contributed by atoms with Gasteiger partial charge in [-0.25, -0.2) is 29.9 Å². The van der Waals surface area contributed by atoms with Crippen molar-refractivity contribution in [2.24, 2.45) is 0 Å². The van der Waals surface area contributed by atoms with E-state index in [-0.39, 0.29) is 0 Å². The van der Waals surface area contributed by atoms with E-state index in [9.17, 15) is 0 Å². The fraction of sp³-hybridized carbons (Fsp3) is 0. The molecule has 0 unspecified atom stereocenters. The zero-order chi connectivity index (χ0) is 81.1. The van der Waals surface area contributed by atoms with Gasteiger partial charge in [0.15, 0.2) is 0 Å². The summed E-state index contributed by atoms with van der Waals surface area (Å²) in [5, 5.41) is 4.89. The van der Waals surface area contributed by atoms with Gasteiger partial charge in [-0.2, -0.15) is 0 Å². The number of fused-ring (bicyclic) bond motifs is 6. The highest BCUT2D eigenvalue weighted by atomic mass is 15.0. The fourth-order valence-corrected chi connectivity index (χ4v) is 16.9. The normalized spacial score (nSPS) is 11.3. The molecule has 0 amide bonds.